The number of aromatic nitrogens is 1. The van der Waals surface area contributed by atoms with Crippen molar-refractivity contribution in [3.63, 3.8) is 0 Å². The van der Waals surface area contributed by atoms with Gasteiger partial charge in [0.05, 0.1) is 32.1 Å². The van der Waals surface area contributed by atoms with Crippen LogP contribution < -0.4 is 10.3 Å². The Kier molecular flexibility index (Phi) is 5.77. The number of hydrogen-bond donors (Lipinski definition) is 2. The zero-order chi connectivity index (χ0) is 18.6. The van der Waals surface area contributed by atoms with Crippen molar-refractivity contribution in [2.24, 2.45) is 0 Å². The molecule has 2 aliphatic heterocycles. The molecule has 3 heterocycles. The zero-order valence-electron chi connectivity index (χ0n) is 15.0. The molecule has 2 aromatic rings. The maximum atomic E-state index is 13.0. The number of hydrogen-bond acceptors (Lipinski definition) is 5. The lowest BCUT2D eigenvalue weighted by Gasteiger charge is -2.31. The van der Waals surface area contributed by atoms with Crippen molar-refractivity contribution in [2.75, 3.05) is 57.5 Å². The summed E-state index contributed by atoms with van der Waals surface area (Å²) in [5.74, 6) is -0.123. The Morgan fingerprint density at radius 3 is 2.30 bits per heavy atom. The highest BCUT2D eigenvalue weighted by molar-refractivity contribution is 9.10. The molecule has 27 heavy (non-hydrogen) atoms. The summed E-state index contributed by atoms with van der Waals surface area (Å²) in [6.07, 6.45) is 1.92. The van der Waals surface area contributed by atoms with Crippen LogP contribution in [0.4, 0.5) is 5.69 Å². The first-order valence-corrected chi connectivity index (χ1v) is 9.95. The first-order chi connectivity index (χ1) is 13.2. The lowest BCUT2D eigenvalue weighted by Crippen LogP contribution is -2.48. The smallest absolute Gasteiger partial charge is 0.284 e. The quantitative estimate of drug-likeness (QED) is 0.771. The molecule has 2 saturated heterocycles. The minimum Gasteiger partial charge on any atom is -0.379 e. The van der Waals surface area contributed by atoms with Gasteiger partial charge in [-0.15, -0.1) is 0 Å². The molecule has 4 rings (SSSR count). The number of benzene rings is 1. The molecule has 8 heteroatoms. The normalized spacial score (nSPS) is 18.5. The average Bonchev–Trinajstić information content (AvgIpc) is 3.15. The maximum Gasteiger partial charge on any atom is 0.284 e. The van der Waals surface area contributed by atoms with Gasteiger partial charge in [0.25, 0.3) is 5.91 Å². The molecule has 0 spiro atoms. The number of hydrazine groups is 1. The highest BCUT2D eigenvalue weighted by Crippen LogP contribution is 2.35. The number of rotatable bonds is 4. The Balaban J connectivity index is 1.65. The second-order valence-electron chi connectivity index (χ2n) is 6.57. The number of carbonyl (C=O) groups is 1. The molecular formula is C19H23BrN4O3. The van der Waals surface area contributed by atoms with Crippen molar-refractivity contribution in [3.8, 4) is 11.1 Å². The third-order valence-electron chi connectivity index (χ3n) is 4.83. The van der Waals surface area contributed by atoms with Gasteiger partial charge in [-0.1, -0.05) is 28.1 Å². The number of aromatic amines is 1. The number of nitrogens with zero attached hydrogens (tertiary/aromatic N) is 2. The summed E-state index contributed by atoms with van der Waals surface area (Å²) in [4.78, 5) is 18.4. The second kappa shape index (κ2) is 8.43. The van der Waals surface area contributed by atoms with Gasteiger partial charge in [-0.05, 0) is 17.7 Å². The number of amides is 1. The van der Waals surface area contributed by atoms with Gasteiger partial charge >= 0.3 is 0 Å². The van der Waals surface area contributed by atoms with Crippen molar-refractivity contribution in [1.82, 2.24) is 15.4 Å². The van der Waals surface area contributed by atoms with E-state index in [2.05, 4.69) is 43.4 Å². The number of H-pyrrole nitrogens is 1. The van der Waals surface area contributed by atoms with Gasteiger partial charge in [0.1, 0.15) is 5.69 Å². The molecule has 2 N–H and O–H groups in total. The maximum absolute atomic E-state index is 13.0. The van der Waals surface area contributed by atoms with Gasteiger partial charge in [0.15, 0.2) is 0 Å². The summed E-state index contributed by atoms with van der Waals surface area (Å²) in [6.45, 7) is 5.50. The number of halogens is 1. The number of morpholine rings is 2. The lowest BCUT2D eigenvalue weighted by molar-refractivity contribution is 0.0125. The molecule has 0 bridgehead atoms. The fraction of sp³-hybridized carbons (Fsp3) is 0.421. The van der Waals surface area contributed by atoms with Crippen LogP contribution in [0.5, 0.6) is 0 Å². The SMILES string of the molecule is O=C(NN1CCOCC1)c1[nH]cc(-c2ccc(Br)cc2)c1N1CCOCC1. The zero-order valence-corrected chi connectivity index (χ0v) is 16.6. The molecule has 1 amide bonds. The summed E-state index contributed by atoms with van der Waals surface area (Å²) in [5, 5.41) is 1.91. The van der Waals surface area contributed by atoms with Gasteiger partial charge in [0.2, 0.25) is 0 Å². The molecule has 7 nitrogen and oxygen atoms in total. The van der Waals surface area contributed by atoms with Crippen molar-refractivity contribution in [1.29, 1.82) is 0 Å². The average molecular weight is 435 g/mol. The minimum atomic E-state index is -0.123. The molecule has 144 valence electrons. The van der Waals surface area contributed by atoms with E-state index in [9.17, 15) is 4.79 Å². The highest BCUT2D eigenvalue weighted by Gasteiger charge is 2.26. The van der Waals surface area contributed by atoms with E-state index < -0.39 is 0 Å². The Morgan fingerprint density at radius 1 is 1.00 bits per heavy atom. The van der Waals surface area contributed by atoms with E-state index in [1.165, 1.54) is 0 Å². The van der Waals surface area contributed by atoms with Crippen LogP contribution in [0.3, 0.4) is 0 Å². The van der Waals surface area contributed by atoms with Crippen LogP contribution in [-0.4, -0.2) is 68.5 Å². The molecule has 0 radical (unpaired) electrons. The largest absolute Gasteiger partial charge is 0.379 e. The van der Waals surface area contributed by atoms with E-state index in [-0.39, 0.29) is 5.91 Å². The predicted molar refractivity (Wildman–Crippen MR) is 107 cm³/mol. The van der Waals surface area contributed by atoms with Crippen LogP contribution >= 0.6 is 15.9 Å². The van der Waals surface area contributed by atoms with Gasteiger partial charge in [0, 0.05) is 42.4 Å². The van der Waals surface area contributed by atoms with Crippen LogP contribution in [0, 0.1) is 0 Å². The van der Waals surface area contributed by atoms with Crippen LogP contribution in [0.2, 0.25) is 0 Å². The summed E-state index contributed by atoms with van der Waals surface area (Å²) in [6, 6.07) is 8.14. The second-order valence-corrected chi connectivity index (χ2v) is 7.49. The predicted octanol–water partition coefficient (Wildman–Crippen LogP) is 2.26. The summed E-state index contributed by atoms with van der Waals surface area (Å²) in [5.41, 5.74) is 6.62. The van der Waals surface area contributed by atoms with Crippen molar-refractivity contribution in [2.45, 2.75) is 0 Å². The van der Waals surface area contributed by atoms with Gasteiger partial charge in [-0.3, -0.25) is 10.2 Å². The van der Waals surface area contributed by atoms with E-state index in [4.69, 9.17) is 9.47 Å². The van der Waals surface area contributed by atoms with Gasteiger partial charge < -0.3 is 19.4 Å². The summed E-state index contributed by atoms with van der Waals surface area (Å²) >= 11 is 3.48. The van der Waals surface area contributed by atoms with Gasteiger partial charge in [-0.25, -0.2) is 5.01 Å². The molecule has 1 aromatic heterocycles. The number of nitrogens with one attached hydrogen (secondary N) is 2. The van der Waals surface area contributed by atoms with Crippen LogP contribution in [-0.2, 0) is 9.47 Å². The number of anilines is 1. The van der Waals surface area contributed by atoms with Crippen LogP contribution in [0.1, 0.15) is 10.5 Å². The first kappa shape index (κ1) is 18.5. The summed E-state index contributed by atoms with van der Waals surface area (Å²) in [7, 11) is 0. The molecule has 0 aliphatic carbocycles. The van der Waals surface area contributed by atoms with Gasteiger partial charge in [-0.2, -0.15) is 0 Å². The molecular weight excluding hydrogens is 412 g/mol. The fourth-order valence-corrected chi connectivity index (χ4v) is 3.69. The number of ether oxygens (including phenoxy) is 2. The summed E-state index contributed by atoms with van der Waals surface area (Å²) < 4.78 is 11.9. The van der Waals surface area contributed by atoms with E-state index >= 15 is 0 Å². The number of carbonyl (C=O) groups excluding carboxylic acids is 1. The van der Waals surface area contributed by atoms with Crippen LogP contribution in [0.15, 0.2) is 34.9 Å². The van der Waals surface area contributed by atoms with E-state index in [0.717, 1.165) is 34.4 Å². The van der Waals surface area contributed by atoms with Crippen LogP contribution in [0.25, 0.3) is 11.1 Å². The Hall–Kier alpha value is -1.87. The molecule has 0 saturated carbocycles. The highest BCUT2D eigenvalue weighted by atomic mass is 79.9. The molecule has 0 unspecified atom stereocenters. The van der Waals surface area contributed by atoms with E-state index in [0.29, 0.717) is 45.2 Å². The molecule has 2 fully saturated rings. The van der Waals surface area contributed by atoms with Crippen molar-refractivity contribution in [3.05, 3.63) is 40.6 Å². The lowest BCUT2D eigenvalue weighted by atomic mass is 10.1. The monoisotopic (exact) mass is 434 g/mol. The van der Waals surface area contributed by atoms with E-state index in [1.807, 2.05) is 23.3 Å². The van der Waals surface area contributed by atoms with Crippen molar-refractivity contribution < 1.29 is 14.3 Å². The molecule has 0 atom stereocenters. The molecule has 2 aliphatic rings. The fourth-order valence-electron chi connectivity index (χ4n) is 3.43. The molecule has 1 aromatic carbocycles. The van der Waals surface area contributed by atoms with E-state index in [1.54, 1.807) is 0 Å². The minimum absolute atomic E-state index is 0.123. The Labute approximate surface area is 166 Å². The topological polar surface area (TPSA) is 69.8 Å². The standard InChI is InChI=1S/C19H23BrN4O3/c20-15-3-1-14(2-4-15)16-13-21-17(18(16)23-5-9-26-10-6-23)19(25)22-24-7-11-27-12-8-24/h1-4,13,21H,5-12H2,(H,22,25). The first-order valence-electron chi connectivity index (χ1n) is 9.16. The third-order valence-corrected chi connectivity index (χ3v) is 5.36. The Morgan fingerprint density at radius 2 is 1.63 bits per heavy atom. The third kappa shape index (κ3) is 4.19. The van der Waals surface area contributed by atoms with Crippen molar-refractivity contribution >= 4 is 27.5 Å². The Bertz CT molecular complexity index is 781.